The highest BCUT2D eigenvalue weighted by atomic mass is 15.1. The van der Waals surface area contributed by atoms with Gasteiger partial charge in [0, 0.05) is 23.8 Å². The summed E-state index contributed by atoms with van der Waals surface area (Å²) in [5.74, 6) is 0. The predicted octanol–water partition coefficient (Wildman–Crippen LogP) is 9.09. The highest BCUT2D eigenvalue weighted by Crippen LogP contribution is 2.49. The summed E-state index contributed by atoms with van der Waals surface area (Å²) >= 11 is 0. The van der Waals surface area contributed by atoms with Crippen LogP contribution >= 0.6 is 0 Å². The number of rotatable bonds is 4. The zero-order chi connectivity index (χ0) is 24.0. The van der Waals surface area contributed by atoms with Crippen molar-refractivity contribution in [3.63, 3.8) is 0 Å². The van der Waals surface area contributed by atoms with Gasteiger partial charge in [-0.05, 0) is 68.8 Å². The molecular formula is C34H29N. The van der Waals surface area contributed by atoms with E-state index < -0.39 is 0 Å². The van der Waals surface area contributed by atoms with Crippen molar-refractivity contribution in [2.24, 2.45) is 0 Å². The molecule has 170 valence electrons. The van der Waals surface area contributed by atoms with Crippen LogP contribution in [0.4, 0.5) is 11.4 Å². The van der Waals surface area contributed by atoms with Gasteiger partial charge in [0.05, 0.1) is 0 Å². The number of fused-ring (bicyclic) bond motifs is 3. The van der Waals surface area contributed by atoms with E-state index in [1.54, 1.807) is 0 Å². The zero-order valence-electron chi connectivity index (χ0n) is 20.5. The Morgan fingerprint density at radius 3 is 1.60 bits per heavy atom. The van der Waals surface area contributed by atoms with Crippen LogP contribution in [-0.4, -0.2) is 7.05 Å². The monoisotopic (exact) mass is 451 g/mol. The zero-order valence-corrected chi connectivity index (χ0v) is 20.5. The SMILES string of the molecule is CN(c1ccc(-c2ccc(-c3ccccc3)cc2)cc1)c1ccc2c(c1)-c1ccccc1C2(C)C. The molecule has 1 nitrogen and oxygen atoms in total. The smallest absolute Gasteiger partial charge is 0.0414 e. The largest absolute Gasteiger partial charge is 0.345 e. The van der Waals surface area contributed by atoms with Crippen molar-refractivity contribution in [3.8, 4) is 33.4 Å². The van der Waals surface area contributed by atoms with Gasteiger partial charge in [0.25, 0.3) is 0 Å². The number of hydrogen-bond acceptors (Lipinski definition) is 1. The van der Waals surface area contributed by atoms with Crippen LogP contribution in [0.25, 0.3) is 33.4 Å². The molecule has 0 atom stereocenters. The normalized spacial score (nSPS) is 13.2. The molecule has 0 saturated carbocycles. The Morgan fingerprint density at radius 2 is 0.943 bits per heavy atom. The number of nitrogens with zero attached hydrogens (tertiary/aromatic N) is 1. The average Bonchev–Trinajstić information content (AvgIpc) is 3.15. The van der Waals surface area contributed by atoms with Crippen LogP contribution in [0.1, 0.15) is 25.0 Å². The molecule has 1 heteroatoms. The van der Waals surface area contributed by atoms with Crippen molar-refractivity contribution < 1.29 is 0 Å². The van der Waals surface area contributed by atoms with Crippen molar-refractivity contribution in [3.05, 3.63) is 132 Å². The second-order valence-corrected chi connectivity index (χ2v) is 9.95. The van der Waals surface area contributed by atoms with Gasteiger partial charge in [-0.15, -0.1) is 0 Å². The van der Waals surface area contributed by atoms with Crippen molar-refractivity contribution in [2.75, 3.05) is 11.9 Å². The van der Waals surface area contributed by atoms with Crippen LogP contribution < -0.4 is 4.90 Å². The topological polar surface area (TPSA) is 3.24 Å². The molecule has 0 saturated heterocycles. The van der Waals surface area contributed by atoms with Crippen LogP contribution in [0, 0.1) is 0 Å². The van der Waals surface area contributed by atoms with E-state index in [9.17, 15) is 0 Å². The Bertz CT molecular complexity index is 1490. The van der Waals surface area contributed by atoms with Gasteiger partial charge < -0.3 is 4.90 Å². The highest BCUT2D eigenvalue weighted by molar-refractivity contribution is 5.84. The minimum absolute atomic E-state index is 0.0424. The van der Waals surface area contributed by atoms with Crippen LogP contribution in [-0.2, 0) is 5.41 Å². The van der Waals surface area contributed by atoms with Gasteiger partial charge in [0.1, 0.15) is 0 Å². The Labute approximate surface area is 208 Å². The molecule has 0 bridgehead atoms. The van der Waals surface area contributed by atoms with Gasteiger partial charge in [-0.2, -0.15) is 0 Å². The Kier molecular flexibility index (Phi) is 5.07. The van der Waals surface area contributed by atoms with E-state index >= 15 is 0 Å². The second-order valence-electron chi connectivity index (χ2n) is 9.95. The predicted molar refractivity (Wildman–Crippen MR) is 149 cm³/mol. The first kappa shape index (κ1) is 21.4. The lowest BCUT2D eigenvalue weighted by Crippen LogP contribution is -2.15. The fourth-order valence-corrected chi connectivity index (χ4v) is 5.43. The number of hydrogen-bond donors (Lipinski definition) is 0. The molecule has 0 fully saturated rings. The first-order valence-corrected chi connectivity index (χ1v) is 12.3. The van der Waals surface area contributed by atoms with Crippen LogP contribution in [0.2, 0.25) is 0 Å². The third-order valence-electron chi connectivity index (χ3n) is 7.53. The minimum Gasteiger partial charge on any atom is -0.345 e. The lowest BCUT2D eigenvalue weighted by molar-refractivity contribution is 0.660. The fourth-order valence-electron chi connectivity index (χ4n) is 5.43. The molecule has 1 aliphatic rings. The van der Waals surface area contributed by atoms with Crippen LogP contribution in [0.3, 0.4) is 0 Å². The summed E-state index contributed by atoms with van der Waals surface area (Å²) in [6.45, 7) is 4.65. The molecular weight excluding hydrogens is 422 g/mol. The molecule has 35 heavy (non-hydrogen) atoms. The molecule has 0 aliphatic heterocycles. The maximum atomic E-state index is 2.35. The maximum Gasteiger partial charge on any atom is 0.0414 e. The van der Waals surface area contributed by atoms with Gasteiger partial charge in [0.2, 0.25) is 0 Å². The first-order chi connectivity index (χ1) is 17.0. The van der Waals surface area contributed by atoms with E-state index in [1.807, 2.05) is 0 Å². The standard InChI is InChI=1S/C34H29N/c1-34(2)32-12-8-7-11-30(32)31-23-29(21-22-33(31)34)35(3)28-19-17-27(18-20-28)26-15-13-25(14-16-26)24-9-5-4-6-10-24/h4-23H,1-3H3. The van der Waals surface area contributed by atoms with Crippen molar-refractivity contribution in [1.29, 1.82) is 0 Å². The Balaban J connectivity index is 1.26. The van der Waals surface area contributed by atoms with Crippen LogP contribution in [0.15, 0.2) is 121 Å². The van der Waals surface area contributed by atoms with Crippen molar-refractivity contribution in [1.82, 2.24) is 0 Å². The molecule has 6 rings (SSSR count). The van der Waals surface area contributed by atoms with Gasteiger partial charge in [-0.25, -0.2) is 0 Å². The van der Waals surface area contributed by atoms with E-state index in [-0.39, 0.29) is 5.41 Å². The first-order valence-electron chi connectivity index (χ1n) is 12.3. The molecule has 5 aromatic rings. The summed E-state index contributed by atoms with van der Waals surface area (Å²) in [6, 6.07) is 43.9. The van der Waals surface area contributed by atoms with Crippen molar-refractivity contribution in [2.45, 2.75) is 19.3 Å². The third-order valence-corrected chi connectivity index (χ3v) is 7.53. The molecule has 0 aromatic heterocycles. The van der Waals surface area contributed by atoms with Gasteiger partial charge in [-0.3, -0.25) is 0 Å². The summed E-state index contributed by atoms with van der Waals surface area (Å²) in [5, 5.41) is 0. The molecule has 0 N–H and O–H groups in total. The average molecular weight is 452 g/mol. The number of benzene rings is 5. The van der Waals surface area contributed by atoms with E-state index in [4.69, 9.17) is 0 Å². The maximum absolute atomic E-state index is 2.35. The molecule has 0 heterocycles. The summed E-state index contributed by atoms with van der Waals surface area (Å²) in [6.07, 6.45) is 0. The summed E-state index contributed by atoms with van der Waals surface area (Å²) < 4.78 is 0. The molecule has 0 spiro atoms. The lowest BCUT2D eigenvalue weighted by atomic mass is 9.82. The van der Waals surface area contributed by atoms with Crippen LogP contribution in [0.5, 0.6) is 0 Å². The molecule has 0 unspecified atom stereocenters. The Hall–Kier alpha value is -4.10. The summed E-state index contributed by atoms with van der Waals surface area (Å²) in [7, 11) is 2.15. The summed E-state index contributed by atoms with van der Waals surface area (Å²) in [5.41, 5.74) is 12.9. The quantitative estimate of drug-likeness (QED) is 0.263. The summed E-state index contributed by atoms with van der Waals surface area (Å²) in [4.78, 5) is 2.27. The molecule has 0 radical (unpaired) electrons. The Morgan fingerprint density at radius 1 is 0.457 bits per heavy atom. The molecule has 5 aromatic carbocycles. The molecule has 0 amide bonds. The van der Waals surface area contributed by atoms with E-state index in [0.29, 0.717) is 0 Å². The highest BCUT2D eigenvalue weighted by Gasteiger charge is 2.35. The third kappa shape index (κ3) is 3.65. The van der Waals surface area contributed by atoms with Gasteiger partial charge in [-0.1, -0.05) is 111 Å². The van der Waals surface area contributed by atoms with Gasteiger partial charge in [0.15, 0.2) is 0 Å². The van der Waals surface area contributed by atoms with E-state index in [2.05, 4.69) is 147 Å². The second kappa shape index (κ2) is 8.29. The fraction of sp³-hybridized carbons (Fsp3) is 0.118. The lowest BCUT2D eigenvalue weighted by Gasteiger charge is -2.23. The van der Waals surface area contributed by atoms with Crippen molar-refractivity contribution >= 4 is 11.4 Å². The van der Waals surface area contributed by atoms with E-state index in [0.717, 1.165) is 0 Å². The van der Waals surface area contributed by atoms with E-state index in [1.165, 1.54) is 55.9 Å². The molecule has 1 aliphatic carbocycles. The van der Waals surface area contributed by atoms with Gasteiger partial charge >= 0.3 is 0 Å². The minimum atomic E-state index is 0.0424. The number of anilines is 2.